The zero-order chi connectivity index (χ0) is 31.2. The highest BCUT2D eigenvalue weighted by molar-refractivity contribution is 6.24. The predicted octanol–water partition coefficient (Wildman–Crippen LogP) is -0.0220. The predicted molar refractivity (Wildman–Crippen MR) is 156 cm³/mol. The zero-order valence-corrected chi connectivity index (χ0v) is 24.4. The van der Waals surface area contributed by atoms with Crippen LogP contribution in [0.15, 0.2) is 29.0 Å². The van der Waals surface area contributed by atoms with Crippen molar-refractivity contribution in [1.82, 2.24) is 15.1 Å². The van der Waals surface area contributed by atoms with Crippen molar-refractivity contribution in [1.29, 1.82) is 0 Å². The number of phenols is 1. The molecule has 4 atom stereocenters. The minimum Gasteiger partial charge on any atom is -0.508 e. The molecule has 13 nitrogen and oxygen atoms in total. The van der Waals surface area contributed by atoms with Gasteiger partial charge >= 0.3 is 0 Å². The number of aliphatic hydroxyl groups is 3. The number of carbonyl (C=O) groups excluding carboxylic acids is 4. The van der Waals surface area contributed by atoms with Crippen LogP contribution in [0.1, 0.15) is 36.8 Å². The fraction of sp³-hybridized carbons (Fsp3) is 0.533. The SMILES string of the molecule is CN(C)C1C(=O)C(C(N)=O)=C(O)C2(O)C(=O)C3=C(O)c4c(ccc(NC(=O)CNCCN5CCCCC5)c4O)CC3CC12. The molecule has 0 bridgehead atoms. The van der Waals surface area contributed by atoms with E-state index in [1.54, 1.807) is 20.2 Å². The van der Waals surface area contributed by atoms with Crippen molar-refractivity contribution in [3.63, 3.8) is 0 Å². The molecule has 1 aliphatic heterocycles. The van der Waals surface area contributed by atoms with Gasteiger partial charge < -0.3 is 41.7 Å². The van der Waals surface area contributed by atoms with Gasteiger partial charge in [0.1, 0.15) is 22.8 Å². The molecule has 4 unspecified atom stereocenters. The number of aliphatic hydroxyl groups excluding tert-OH is 2. The van der Waals surface area contributed by atoms with Crippen LogP contribution in [-0.2, 0) is 25.6 Å². The number of rotatable bonds is 8. The molecule has 1 saturated carbocycles. The molecule has 13 heteroatoms. The van der Waals surface area contributed by atoms with E-state index in [1.165, 1.54) is 30.2 Å². The Morgan fingerprint density at radius 3 is 2.47 bits per heavy atom. The number of anilines is 1. The first kappa shape index (κ1) is 30.7. The number of primary amides is 1. The van der Waals surface area contributed by atoms with E-state index in [4.69, 9.17) is 5.73 Å². The summed E-state index contributed by atoms with van der Waals surface area (Å²) < 4.78 is 0. The van der Waals surface area contributed by atoms with Crippen LogP contribution in [0.5, 0.6) is 5.75 Å². The molecule has 1 heterocycles. The number of likely N-dealkylation sites (N-methyl/N-ethyl adjacent to an activating group) is 1. The standard InChI is InChI=1S/C30H39N5O8/c1-34(2)23-17-13-16-12-15-6-7-18(33-19(36)14-32-8-11-35-9-4-3-5-10-35)24(37)20(15)25(38)21(16)27(40)30(17,43)28(41)22(26(23)39)29(31)42/h6-7,16-17,23,32,37-38,41,43H,3-5,8-14H2,1-2H3,(H2,31,42)(H,33,36). The topological polar surface area (TPSA) is 206 Å². The lowest BCUT2D eigenvalue weighted by atomic mass is 9.57. The number of aromatic hydroxyl groups is 1. The number of carbonyl (C=O) groups is 4. The van der Waals surface area contributed by atoms with E-state index in [2.05, 4.69) is 15.5 Å². The Labute approximate surface area is 249 Å². The van der Waals surface area contributed by atoms with Gasteiger partial charge in [0.05, 0.1) is 23.8 Å². The maximum absolute atomic E-state index is 13.9. The molecule has 43 heavy (non-hydrogen) atoms. The molecule has 4 aliphatic rings. The third kappa shape index (κ3) is 5.20. The van der Waals surface area contributed by atoms with Gasteiger partial charge in [-0.15, -0.1) is 0 Å². The van der Waals surface area contributed by atoms with Gasteiger partial charge in [-0.1, -0.05) is 12.5 Å². The molecule has 0 aromatic heterocycles. The van der Waals surface area contributed by atoms with Crippen molar-refractivity contribution in [2.24, 2.45) is 17.6 Å². The largest absolute Gasteiger partial charge is 0.508 e. The van der Waals surface area contributed by atoms with Gasteiger partial charge in [-0.05, 0) is 70.4 Å². The quantitative estimate of drug-likeness (QED) is 0.120. The molecule has 2 amide bonds. The van der Waals surface area contributed by atoms with Gasteiger partial charge in [-0.25, -0.2) is 0 Å². The first-order valence-corrected chi connectivity index (χ1v) is 14.6. The van der Waals surface area contributed by atoms with E-state index in [9.17, 15) is 39.6 Å². The number of fused-ring (bicyclic) bond motifs is 3. The highest BCUT2D eigenvalue weighted by Gasteiger charge is 2.64. The van der Waals surface area contributed by atoms with Crippen LogP contribution in [0.3, 0.4) is 0 Å². The van der Waals surface area contributed by atoms with E-state index in [0.29, 0.717) is 12.1 Å². The number of ketones is 2. The molecule has 232 valence electrons. The number of piperidine rings is 1. The monoisotopic (exact) mass is 597 g/mol. The molecular formula is C30H39N5O8. The summed E-state index contributed by atoms with van der Waals surface area (Å²) in [6.45, 7) is 3.56. The van der Waals surface area contributed by atoms with Crippen molar-refractivity contribution < 1.29 is 39.6 Å². The summed E-state index contributed by atoms with van der Waals surface area (Å²) in [7, 11) is 3.09. The van der Waals surface area contributed by atoms with Crippen LogP contribution in [0.4, 0.5) is 5.69 Å². The molecule has 8 N–H and O–H groups in total. The van der Waals surface area contributed by atoms with Gasteiger partial charge in [0.2, 0.25) is 11.7 Å². The smallest absolute Gasteiger partial charge is 0.255 e. The highest BCUT2D eigenvalue weighted by atomic mass is 16.3. The van der Waals surface area contributed by atoms with E-state index >= 15 is 0 Å². The van der Waals surface area contributed by atoms with Crippen LogP contribution in [-0.4, -0.2) is 112 Å². The summed E-state index contributed by atoms with van der Waals surface area (Å²) in [5, 5.41) is 50.8. The number of phenolic OH excluding ortho intramolecular Hbond substituents is 1. The van der Waals surface area contributed by atoms with Crippen LogP contribution >= 0.6 is 0 Å². The maximum atomic E-state index is 13.9. The van der Waals surface area contributed by atoms with E-state index in [1.807, 2.05) is 0 Å². The molecule has 5 rings (SSSR count). The molecule has 3 aliphatic carbocycles. The molecule has 1 aromatic carbocycles. The number of nitrogens with zero attached hydrogens (tertiary/aromatic N) is 2. The summed E-state index contributed by atoms with van der Waals surface area (Å²) in [6, 6.07) is 2.00. The van der Waals surface area contributed by atoms with Crippen LogP contribution in [0.2, 0.25) is 0 Å². The Hall–Kier alpha value is -3.78. The lowest BCUT2D eigenvalue weighted by Crippen LogP contribution is -2.65. The second kappa shape index (κ2) is 11.7. The van der Waals surface area contributed by atoms with Crippen molar-refractivity contribution in [3.05, 3.63) is 40.2 Å². The number of hydrogen-bond donors (Lipinski definition) is 7. The molecule has 0 spiro atoms. The Morgan fingerprint density at radius 1 is 1.12 bits per heavy atom. The first-order chi connectivity index (χ1) is 20.4. The highest BCUT2D eigenvalue weighted by Crippen LogP contribution is 2.53. The molecule has 2 fully saturated rings. The fourth-order valence-corrected chi connectivity index (χ4v) is 7.14. The van der Waals surface area contributed by atoms with Crippen molar-refractivity contribution in [3.8, 4) is 5.75 Å². The van der Waals surface area contributed by atoms with E-state index in [-0.39, 0.29) is 36.2 Å². The fourth-order valence-electron chi connectivity index (χ4n) is 7.14. The number of likely N-dealkylation sites (tertiary alicyclic amines) is 1. The maximum Gasteiger partial charge on any atom is 0.255 e. The van der Waals surface area contributed by atoms with Crippen LogP contribution < -0.4 is 16.4 Å². The zero-order valence-electron chi connectivity index (χ0n) is 24.4. The van der Waals surface area contributed by atoms with Gasteiger partial charge in [-0.3, -0.25) is 24.1 Å². The summed E-state index contributed by atoms with van der Waals surface area (Å²) in [5.41, 5.74) is 2.00. The number of Topliss-reactive ketones (excluding diaryl/α,β-unsaturated/α-hetero) is 2. The molecule has 1 saturated heterocycles. The average molecular weight is 598 g/mol. The van der Waals surface area contributed by atoms with Crippen LogP contribution in [0.25, 0.3) is 5.76 Å². The van der Waals surface area contributed by atoms with E-state index < -0.39 is 69.7 Å². The Morgan fingerprint density at radius 2 is 1.81 bits per heavy atom. The summed E-state index contributed by atoms with van der Waals surface area (Å²) in [5.74, 6) is -7.58. The van der Waals surface area contributed by atoms with Gasteiger partial charge in [0.15, 0.2) is 11.4 Å². The second-order valence-electron chi connectivity index (χ2n) is 12.1. The second-order valence-corrected chi connectivity index (χ2v) is 12.1. The minimum atomic E-state index is -2.70. The number of amides is 2. The van der Waals surface area contributed by atoms with Crippen molar-refractivity contribution in [2.75, 3.05) is 52.1 Å². The first-order valence-electron chi connectivity index (χ1n) is 14.6. The third-order valence-corrected chi connectivity index (χ3v) is 9.21. The normalized spacial score (nSPS) is 27.6. The van der Waals surface area contributed by atoms with E-state index in [0.717, 1.165) is 19.6 Å². The lowest BCUT2D eigenvalue weighted by Gasteiger charge is -2.50. The molecular weight excluding hydrogens is 558 g/mol. The van der Waals surface area contributed by atoms with Gasteiger partial charge in [0, 0.05) is 24.6 Å². The number of nitrogens with two attached hydrogens (primary N) is 1. The van der Waals surface area contributed by atoms with Crippen LogP contribution in [0, 0.1) is 11.8 Å². The van der Waals surface area contributed by atoms with Gasteiger partial charge in [-0.2, -0.15) is 0 Å². The number of hydrogen-bond acceptors (Lipinski definition) is 11. The van der Waals surface area contributed by atoms with Crippen molar-refractivity contribution in [2.45, 2.75) is 43.7 Å². The molecule has 0 radical (unpaired) electrons. The number of benzene rings is 1. The Kier molecular flexibility index (Phi) is 8.36. The third-order valence-electron chi connectivity index (χ3n) is 9.21. The summed E-state index contributed by atoms with van der Waals surface area (Å²) >= 11 is 0. The molecule has 1 aromatic rings. The number of nitrogens with one attached hydrogen (secondary N) is 2. The Bertz CT molecular complexity index is 1430. The lowest BCUT2D eigenvalue weighted by molar-refractivity contribution is -0.153. The summed E-state index contributed by atoms with van der Waals surface area (Å²) in [6.07, 6.45) is 3.78. The van der Waals surface area contributed by atoms with Crippen molar-refractivity contribution >= 4 is 34.8 Å². The summed E-state index contributed by atoms with van der Waals surface area (Å²) in [4.78, 5) is 55.6. The Balaban J connectivity index is 1.40. The van der Waals surface area contributed by atoms with Gasteiger partial charge in [0.25, 0.3) is 5.91 Å². The average Bonchev–Trinajstić information content (AvgIpc) is 2.95. The minimum absolute atomic E-state index is 0.00594.